The molecule has 10 aromatic rings. The number of hydrogen-bond acceptors (Lipinski definition) is 10. The smallest absolute Gasteiger partial charge is 0.195 e. The van der Waals surface area contributed by atoms with Gasteiger partial charge in [0, 0.05) is 137 Å². The van der Waals surface area contributed by atoms with Crippen LogP contribution in [-0.4, -0.2) is 23.1 Å². The molecule has 0 saturated carbocycles. The molecule has 4 nitrogen and oxygen atoms in total. The topological polar surface area (TPSA) is 68.3 Å². The van der Waals surface area contributed by atoms with Gasteiger partial charge in [-0.25, -0.2) is 0 Å². The maximum atomic E-state index is 14.1. The Morgan fingerprint density at radius 3 is 0.948 bits per heavy atom. The van der Waals surface area contributed by atoms with Gasteiger partial charge in [0.25, 0.3) is 0 Å². The first-order valence-corrected chi connectivity index (χ1v) is 23.5. The van der Waals surface area contributed by atoms with Crippen LogP contribution in [0.15, 0.2) is 108 Å². The minimum Gasteiger partial charge on any atom is -0.289 e. The molecule has 0 N–H and O–H groups in total. The second kappa shape index (κ2) is 11.1. The summed E-state index contributed by atoms with van der Waals surface area (Å²) >= 11 is 9.85. The zero-order chi connectivity index (χ0) is 38.3. The number of carbonyl (C=O) groups is 4. The molecule has 4 aliphatic rings. The Morgan fingerprint density at radius 2 is 0.569 bits per heavy atom. The number of fused-ring (bicyclic) bond motifs is 8. The Hall–Kier alpha value is -5.72. The van der Waals surface area contributed by atoms with Crippen molar-refractivity contribution in [3.8, 4) is 71.0 Å². The lowest BCUT2D eigenvalue weighted by molar-refractivity contribution is 0.103. The summed E-state index contributed by atoms with van der Waals surface area (Å²) in [4.78, 5) is 65.6. The largest absolute Gasteiger partial charge is 0.289 e. The van der Waals surface area contributed by atoms with Crippen molar-refractivity contribution in [2.75, 3.05) is 0 Å². The monoisotopic (exact) mass is 850 g/mol. The molecular weight excluding hydrogens is 833 g/mol. The van der Waals surface area contributed by atoms with Gasteiger partial charge in [-0.1, -0.05) is 24.3 Å². The Bertz CT molecular complexity index is 3420. The van der Waals surface area contributed by atoms with Gasteiger partial charge in [-0.05, 0) is 83.6 Å². The predicted molar refractivity (Wildman–Crippen MR) is 240 cm³/mol. The molecule has 270 valence electrons. The highest BCUT2D eigenvalue weighted by Gasteiger charge is 2.36. The molecule has 0 saturated heterocycles. The van der Waals surface area contributed by atoms with Crippen molar-refractivity contribution in [3.63, 3.8) is 0 Å². The van der Waals surface area contributed by atoms with Crippen LogP contribution in [0.3, 0.4) is 0 Å². The van der Waals surface area contributed by atoms with Crippen molar-refractivity contribution >= 4 is 113 Å². The molecule has 4 aliphatic carbocycles. The molecule has 0 radical (unpaired) electrons. The summed E-state index contributed by atoms with van der Waals surface area (Å²) in [5.74, 6) is 0.0527. The van der Waals surface area contributed by atoms with Gasteiger partial charge in [0.15, 0.2) is 23.1 Å². The highest BCUT2D eigenvalue weighted by Crippen LogP contribution is 2.55. The van der Waals surface area contributed by atoms with E-state index in [1.54, 1.807) is 68.0 Å². The molecule has 58 heavy (non-hydrogen) atoms. The van der Waals surface area contributed by atoms with E-state index < -0.39 is 0 Å². The number of ketones is 4. The fourth-order valence-corrected chi connectivity index (χ4v) is 15.9. The molecule has 4 aromatic carbocycles. The number of benzene rings is 4. The number of thiophene rings is 6. The van der Waals surface area contributed by atoms with Gasteiger partial charge >= 0.3 is 0 Å². The predicted octanol–water partition coefficient (Wildman–Crippen LogP) is 14.2. The molecule has 0 atom stereocenters. The first-order chi connectivity index (χ1) is 28.4. The highest BCUT2D eigenvalue weighted by molar-refractivity contribution is 7.29. The van der Waals surface area contributed by atoms with E-state index in [0.29, 0.717) is 33.4 Å². The van der Waals surface area contributed by atoms with Gasteiger partial charge in [0.05, 0.1) is 0 Å². The van der Waals surface area contributed by atoms with Gasteiger partial charge in [-0.3, -0.25) is 19.2 Å². The lowest BCUT2D eigenvalue weighted by Crippen LogP contribution is -2.13. The summed E-state index contributed by atoms with van der Waals surface area (Å²) in [5.41, 5.74) is 9.64. The van der Waals surface area contributed by atoms with Crippen molar-refractivity contribution in [1.82, 2.24) is 0 Å². The van der Waals surface area contributed by atoms with Crippen LogP contribution < -0.4 is 0 Å². The quantitative estimate of drug-likeness (QED) is 0.178. The van der Waals surface area contributed by atoms with Crippen molar-refractivity contribution in [3.05, 3.63) is 152 Å². The van der Waals surface area contributed by atoms with Crippen LogP contribution in [0.25, 0.3) is 92.6 Å². The van der Waals surface area contributed by atoms with E-state index >= 15 is 0 Å². The van der Waals surface area contributed by atoms with Crippen molar-refractivity contribution in [2.45, 2.75) is 0 Å². The molecule has 0 unspecified atom stereocenters. The average molecular weight is 851 g/mol. The van der Waals surface area contributed by atoms with Gasteiger partial charge in [-0.15, -0.1) is 68.0 Å². The summed E-state index contributed by atoms with van der Waals surface area (Å²) in [6.45, 7) is 0. The first-order valence-electron chi connectivity index (χ1n) is 18.4. The first kappa shape index (κ1) is 32.3. The van der Waals surface area contributed by atoms with Crippen LogP contribution in [0.4, 0.5) is 0 Å². The second-order valence-corrected chi connectivity index (χ2v) is 20.9. The third-order valence-electron chi connectivity index (χ3n) is 12.0. The van der Waals surface area contributed by atoms with Crippen molar-refractivity contribution in [1.29, 1.82) is 0 Å². The van der Waals surface area contributed by atoms with E-state index in [4.69, 9.17) is 0 Å². The molecule has 6 aromatic heterocycles. The van der Waals surface area contributed by atoms with E-state index in [2.05, 4.69) is 24.3 Å². The summed E-state index contributed by atoms with van der Waals surface area (Å²) in [5, 5.41) is 7.50. The van der Waals surface area contributed by atoms with Crippen LogP contribution in [-0.2, 0) is 0 Å². The Kier molecular flexibility index (Phi) is 6.15. The molecular formula is C48H18O4S6. The molecule has 0 spiro atoms. The molecule has 0 fully saturated rings. The van der Waals surface area contributed by atoms with E-state index in [9.17, 15) is 19.2 Å². The van der Waals surface area contributed by atoms with Crippen LogP contribution >= 0.6 is 68.0 Å². The van der Waals surface area contributed by atoms with E-state index in [-0.39, 0.29) is 23.1 Å². The number of rotatable bonds is 3. The van der Waals surface area contributed by atoms with Crippen LogP contribution in [0.2, 0.25) is 0 Å². The zero-order valence-corrected chi connectivity index (χ0v) is 34.4. The van der Waals surface area contributed by atoms with E-state index in [1.807, 2.05) is 83.6 Å². The van der Waals surface area contributed by atoms with Crippen LogP contribution in [0.1, 0.15) is 63.7 Å². The Labute approximate surface area is 352 Å². The fraction of sp³-hybridized carbons (Fsp3) is 0. The maximum Gasteiger partial charge on any atom is 0.195 e. The lowest BCUT2D eigenvalue weighted by atomic mass is 9.80. The van der Waals surface area contributed by atoms with Crippen molar-refractivity contribution < 1.29 is 19.2 Å². The minimum absolute atomic E-state index is 0.00324. The molecule has 0 bridgehead atoms. The van der Waals surface area contributed by atoms with Gasteiger partial charge in [0.2, 0.25) is 0 Å². The minimum atomic E-state index is 0.00324. The fourth-order valence-electron chi connectivity index (χ4n) is 9.45. The number of hydrogen-bond donors (Lipinski definition) is 0. The normalized spacial score (nSPS) is 14.0. The van der Waals surface area contributed by atoms with Gasteiger partial charge in [-0.2, -0.15) is 0 Å². The third kappa shape index (κ3) is 3.93. The van der Waals surface area contributed by atoms with Crippen molar-refractivity contribution in [2.24, 2.45) is 0 Å². The summed E-state index contributed by atoms with van der Waals surface area (Å²) in [6, 6.07) is 32.3. The summed E-state index contributed by atoms with van der Waals surface area (Å²) in [7, 11) is 0. The highest BCUT2D eigenvalue weighted by atomic mass is 32.1. The zero-order valence-electron chi connectivity index (χ0n) is 29.5. The molecule has 0 amide bonds. The third-order valence-corrected chi connectivity index (χ3v) is 19.0. The molecule has 10 heteroatoms. The average Bonchev–Trinajstić information content (AvgIpc) is 4.09. The number of carbonyl (C=O) groups excluding carboxylic acids is 4. The van der Waals surface area contributed by atoms with Gasteiger partial charge < -0.3 is 0 Å². The lowest BCUT2D eigenvalue weighted by Gasteiger charge is -2.23. The van der Waals surface area contributed by atoms with E-state index in [1.165, 1.54) is 0 Å². The van der Waals surface area contributed by atoms with Gasteiger partial charge in [0.1, 0.15) is 0 Å². The summed E-state index contributed by atoms with van der Waals surface area (Å²) < 4.78 is 0. The SMILES string of the molecule is O=C1c2ccsc2-c2ccc3c4c(ccc1c24)-c1sc(-c2ccc(-c4ccc(-c5cc6c(s5)-c5ccc7c8c(ccc(c58)C6=O)-c5sccc5C7=O)s4)s2)cc1C3=O. The van der Waals surface area contributed by atoms with E-state index in [0.717, 1.165) is 104 Å². The maximum absolute atomic E-state index is 14.1. The Balaban J connectivity index is 0.820. The molecule has 6 heterocycles. The molecule has 14 rings (SSSR count). The molecule has 0 aliphatic heterocycles. The summed E-state index contributed by atoms with van der Waals surface area (Å²) in [6.07, 6.45) is 0. The van der Waals surface area contributed by atoms with Crippen LogP contribution in [0.5, 0.6) is 0 Å². The Morgan fingerprint density at radius 1 is 0.259 bits per heavy atom. The second-order valence-electron chi connectivity index (χ2n) is 14.8. The standard InChI is InChI=1S/C48H18O4S6/c49-41-19-3-7-25-39-21(1-5-23(37(19)39)45-27(41)13-15-53-45)43(51)29-17-35(57-47(25)29)33-11-9-31(55-33)32-10-12-34(56-32)36-18-30-44(52)22-2-6-24-38-20(42(50)28-14-16-54-46(24)28)4-8-26(40(22)38)48(30)58-36/h1-18H. The van der Waals surface area contributed by atoms with Crippen LogP contribution in [0, 0.1) is 0 Å².